The second-order valence-corrected chi connectivity index (χ2v) is 6.98. The number of carbonyl (C=O) groups is 3. The Morgan fingerprint density at radius 2 is 1.31 bits per heavy atom. The van der Waals surface area contributed by atoms with Crippen LogP contribution >= 0.6 is 23.2 Å². The van der Waals surface area contributed by atoms with Crippen molar-refractivity contribution in [1.82, 2.24) is 0 Å². The van der Waals surface area contributed by atoms with Crippen LogP contribution in [0.1, 0.15) is 37.5 Å². The molecule has 0 bridgehead atoms. The van der Waals surface area contributed by atoms with Crippen molar-refractivity contribution >= 4 is 40.7 Å². The molecule has 3 aromatic rings. The molecule has 3 aromatic carbocycles. The highest BCUT2D eigenvalue weighted by Crippen LogP contribution is 2.26. The van der Waals surface area contributed by atoms with Gasteiger partial charge in [0.05, 0.1) is 17.5 Å². The van der Waals surface area contributed by atoms with E-state index in [1.807, 2.05) is 0 Å². The molecule has 3 rings (SSSR count). The summed E-state index contributed by atoms with van der Waals surface area (Å²) < 4.78 is 5.18. The van der Waals surface area contributed by atoms with Crippen molar-refractivity contribution in [1.29, 1.82) is 0 Å². The third kappa shape index (κ3) is 5.22. The molecule has 0 aliphatic heterocycles. The Morgan fingerprint density at radius 3 is 1.86 bits per heavy atom. The number of rotatable bonds is 6. The van der Waals surface area contributed by atoms with E-state index in [1.165, 1.54) is 36.4 Å². The smallest absolute Gasteiger partial charge is 0.343 e. The second-order valence-electron chi connectivity index (χ2n) is 6.11. The Hall–Kier alpha value is -3.15. The van der Waals surface area contributed by atoms with Gasteiger partial charge in [-0.2, -0.15) is 0 Å². The van der Waals surface area contributed by atoms with Gasteiger partial charge >= 0.3 is 5.97 Å². The number of ether oxygens (including phenoxy) is 1. The van der Waals surface area contributed by atoms with Crippen molar-refractivity contribution in [2.24, 2.45) is 0 Å². The van der Waals surface area contributed by atoms with Gasteiger partial charge < -0.3 is 9.84 Å². The highest BCUT2D eigenvalue weighted by Gasteiger charge is 2.18. The molecule has 1 N–H and O–H groups in total. The number of aromatic hydroxyl groups is 1. The lowest BCUT2D eigenvalue weighted by Crippen LogP contribution is -2.10. The van der Waals surface area contributed by atoms with E-state index in [-0.39, 0.29) is 22.6 Å². The fourth-order valence-corrected chi connectivity index (χ4v) is 2.79. The Balaban J connectivity index is 1.69. The van der Waals surface area contributed by atoms with Crippen LogP contribution in [-0.2, 0) is 0 Å². The number of phenols is 1. The van der Waals surface area contributed by atoms with E-state index in [0.717, 1.165) is 6.07 Å². The van der Waals surface area contributed by atoms with E-state index < -0.39 is 24.0 Å². The summed E-state index contributed by atoms with van der Waals surface area (Å²) in [6, 6.07) is 16.1. The van der Waals surface area contributed by atoms with Crippen LogP contribution < -0.4 is 4.74 Å². The van der Waals surface area contributed by atoms with Crippen molar-refractivity contribution in [3.8, 4) is 11.5 Å². The molecule has 0 aliphatic carbocycles. The van der Waals surface area contributed by atoms with Gasteiger partial charge in [0.25, 0.3) is 0 Å². The standard InChI is InChI=1S/C22H14Cl2O5/c23-15-5-1-13(2-6-15)19(25)12-21(27)18-10-9-17(11-20(18)26)29-22(28)14-3-7-16(24)8-4-14/h1-11,26H,12H2. The van der Waals surface area contributed by atoms with Crippen LogP contribution in [0, 0.1) is 0 Å². The zero-order chi connectivity index (χ0) is 21.0. The minimum Gasteiger partial charge on any atom is -0.507 e. The molecule has 0 spiro atoms. The fraction of sp³-hybridized carbons (Fsp3) is 0.0455. The first-order valence-corrected chi connectivity index (χ1v) is 9.22. The van der Waals surface area contributed by atoms with Crippen molar-refractivity contribution in [3.05, 3.63) is 93.5 Å². The SMILES string of the molecule is O=C(CC(=O)c1ccc(OC(=O)c2ccc(Cl)cc2)cc1O)c1ccc(Cl)cc1. The zero-order valence-electron chi connectivity index (χ0n) is 14.9. The molecule has 0 heterocycles. The van der Waals surface area contributed by atoms with Gasteiger partial charge in [-0.1, -0.05) is 23.2 Å². The molecule has 0 amide bonds. The van der Waals surface area contributed by atoms with Gasteiger partial charge in [-0.05, 0) is 60.7 Å². The highest BCUT2D eigenvalue weighted by atomic mass is 35.5. The maximum atomic E-state index is 12.4. The molecule has 0 unspecified atom stereocenters. The summed E-state index contributed by atoms with van der Waals surface area (Å²) in [6.07, 6.45) is -0.418. The number of benzene rings is 3. The average molecular weight is 429 g/mol. The van der Waals surface area contributed by atoms with Gasteiger partial charge in [-0.25, -0.2) is 4.79 Å². The van der Waals surface area contributed by atoms with Crippen LogP contribution in [0.15, 0.2) is 66.7 Å². The molecule has 0 saturated heterocycles. The summed E-state index contributed by atoms with van der Waals surface area (Å²) in [6.45, 7) is 0. The van der Waals surface area contributed by atoms with Crippen LogP contribution in [0.3, 0.4) is 0 Å². The minimum absolute atomic E-state index is 0.0430. The van der Waals surface area contributed by atoms with E-state index in [4.69, 9.17) is 27.9 Å². The van der Waals surface area contributed by atoms with E-state index in [9.17, 15) is 19.5 Å². The van der Waals surface area contributed by atoms with E-state index in [0.29, 0.717) is 15.6 Å². The van der Waals surface area contributed by atoms with Crippen LogP contribution in [0.5, 0.6) is 11.5 Å². The van der Waals surface area contributed by atoms with Crippen LogP contribution in [-0.4, -0.2) is 22.6 Å². The third-order valence-corrected chi connectivity index (χ3v) is 4.55. The van der Waals surface area contributed by atoms with Crippen molar-refractivity contribution < 1.29 is 24.2 Å². The molecule has 0 saturated carbocycles. The molecular formula is C22H14Cl2O5. The quantitative estimate of drug-likeness (QED) is 0.247. The van der Waals surface area contributed by atoms with Crippen LogP contribution in [0.2, 0.25) is 10.0 Å². The number of halogens is 2. The van der Waals surface area contributed by atoms with Crippen LogP contribution in [0.25, 0.3) is 0 Å². The molecule has 0 aromatic heterocycles. The Morgan fingerprint density at radius 1 is 0.759 bits per heavy atom. The Bertz CT molecular complexity index is 1070. The summed E-state index contributed by atoms with van der Waals surface area (Å²) in [4.78, 5) is 36.7. The zero-order valence-corrected chi connectivity index (χ0v) is 16.4. The number of hydrogen-bond donors (Lipinski definition) is 1. The van der Waals surface area contributed by atoms with Gasteiger partial charge in [0.2, 0.25) is 0 Å². The highest BCUT2D eigenvalue weighted by molar-refractivity contribution is 6.31. The van der Waals surface area contributed by atoms with Crippen molar-refractivity contribution in [2.45, 2.75) is 6.42 Å². The maximum Gasteiger partial charge on any atom is 0.343 e. The first-order chi connectivity index (χ1) is 13.8. The van der Waals surface area contributed by atoms with Gasteiger partial charge in [0.1, 0.15) is 11.5 Å². The molecule has 0 radical (unpaired) electrons. The molecule has 0 atom stereocenters. The van der Waals surface area contributed by atoms with E-state index in [2.05, 4.69) is 0 Å². The van der Waals surface area contributed by atoms with E-state index in [1.54, 1.807) is 24.3 Å². The average Bonchev–Trinajstić information content (AvgIpc) is 2.69. The topological polar surface area (TPSA) is 80.7 Å². The van der Waals surface area contributed by atoms with Crippen LogP contribution in [0.4, 0.5) is 0 Å². The number of ketones is 2. The number of hydrogen-bond acceptors (Lipinski definition) is 5. The first-order valence-electron chi connectivity index (χ1n) is 8.46. The largest absolute Gasteiger partial charge is 0.507 e. The van der Waals surface area contributed by atoms with E-state index >= 15 is 0 Å². The minimum atomic E-state index is -0.641. The lowest BCUT2D eigenvalue weighted by Gasteiger charge is -2.08. The molecule has 29 heavy (non-hydrogen) atoms. The molecule has 5 nitrogen and oxygen atoms in total. The monoisotopic (exact) mass is 428 g/mol. The molecule has 0 fully saturated rings. The van der Waals surface area contributed by atoms with Gasteiger partial charge in [0, 0.05) is 21.7 Å². The summed E-state index contributed by atoms with van der Waals surface area (Å²) in [5.41, 5.74) is 0.581. The molecule has 146 valence electrons. The number of carbonyl (C=O) groups excluding carboxylic acids is 3. The number of Topliss-reactive ketones (excluding diaryl/α,β-unsaturated/α-hetero) is 2. The number of phenolic OH excluding ortho intramolecular Hbond substituents is 1. The molecular weight excluding hydrogens is 415 g/mol. The maximum absolute atomic E-state index is 12.4. The third-order valence-electron chi connectivity index (χ3n) is 4.05. The summed E-state index contributed by atoms with van der Waals surface area (Å²) in [5.74, 6) is -1.93. The Kier molecular flexibility index (Phi) is 6.32. The summed E-state index contributed by atoms with van der Waals surface area (Å²) in [7, 11) is 0. The second kappa shape index (κ2) is 8.90. The predicted octanol–water partition coefficient (Wildman–Crippen LogP) is 5.37. The van der Waals surface area contributed by atoms with Crippen molar-refractivity contribution in [3.63, 3.8) is 0 Å². The predicted molar refractivity (Wildman–Crippen MR) is 109 cm³/mol. The van der Waals surface area contributed by atoms with Crippen molar-refractivity contribution in [2.75, 3.05) is 0 Å². The Labute approximate surface area is 176 Å². The molecule has 0 aliphatic rings. The lowest BCUT2D eigenvalue weighted by atomic mass is 10.0. The summed E-state index contributed by atoms with van der Waals surface area (Å²) in [5, 5.41) is 11.1. The van der Waals surface area contributed by atoms with Gasteiger partial charge in [-0.3, -0.25) is 9.59 Å². The fourth-order valence-electron chi connectivity index (χ4n) is 2.54. The molecule has 7 heteroatoms. The lowest BCUT2D eigenvalue weighted by molar-refractivity contribution is 0.0734. The first kappa shape index (κ1) is 20.6. The normalized spacial score (nSPS) is 10.4. The van der Waals surface area contributed by atoms with Gasteiger partial charge in [-0.15, -0.1) is 0 Å². The summed E-state index contributed by atoms with van der Waals surface area (Å²) >= 11 is 11.6. The van der Waals surface area contributed by atoms with Gasteiger partial charge in [0.15, 0.2) is 11.6 Å². The number of esters is 1.